The van der Waals surface area contributed by atoms with Gasteiger partial charge in [0.2, 0.25) is 0 Å². The zero-order valence-corrected chi connectivity index (χ0v) is 61.1. The molecule has 0 aliphatic heterocycles. The number of nitriles is 4. The van der Waals surface area contributed by atoms with E-state index in [4.69, 9.17) is 25.8 Å². The molecular formula is C76H74Cl2N4OP2Se4. The Morgan fingerprint density at radius 1 is 0.270 bits per heavy atom. The summed E-state index contributed by atoms with van der Waals surface area (Å²) in [6.45, 7) is 14.0. The van der Waals surface area contributed by atoms with Gasteiger partial charge >= 0.3 is 218 Å². The number of halogens is 2. The Morgan fingerprint density at radius 2 is 0.404 bits per heavy atom. The third-order valence-electron chi connectivity index (χ3n) is 14.2. The second-order valence-corrected chi connectivity index (χ2v) is 35.7. The van der Waals surface area contributed by atoms with Crippen LogP contribution in [0.5, 0.6) is 0 Å². The maximum atomic E-state index is 8.76. The van der Waals surface area contributed by atoms with Crippen LogP contribution in [0.3, 0.4) is 0 Å². The van der Waals surface area contributed by atoms with E-state index in [2.05, 4.69) is 314 Å². The van der Waals surface area contributed by atoms with Crippen molar-refractivity contribution in [2.24, 2.45) is 0 Å². The molecule has 0 bridgehead atoms. The van der Waals surface area contributed by atoms with Crippen LogP contribution >= 0.6 is 14.5 Å². The van der Waals surface area contributed by atoms with Crippen molar-refractivity contribution in [3.05, 3.63) is 313 Å². The van der Waals surface area contributed by atoms with Crippen LogP contribution in [0.4, 0.5) is 0 Å². The predicted molar refractivity (Wildman–Crippen MR) is 377 cm³/mol. The van der Waals surface area contributed by atoms with E-state index in [0.29, 0.717) is 19.3 Å². The zero-order chi connectivity index (χ0) is 62.0. The second-order valence-electron chi connectivity index (χ2n) is 19.5. The van der Waals surface area contributed by atoms with Crippen LogP contribution in [0.15, 0.2) is 291 Å². The van der Waals surface area contributed by atoms with Crippen molar-refractivity contribution in [2.75, 3.05) is 13.2 Å². The minimum Gasteiger partial charge on any atom is -1.00 e. The summed E-state index contributed by atoms with van der Waals surface area (Å²) in [4.78, 5) is 10.3. The molecule has 0 fully saturated rings. The molecule has 10 rings (SSSR count). The van der Waals surface area contributed by atoms with Gasteiger partial charge in [-0.25, -0.2) is 0 Å². The molecule has 0 N–H and O–H groups in total. The van der Waals surface area contributed by atoms with Gasteiger partial charge in [-0.15, -0.1) is 0 Å². The summed E-state index contributed by atoms with van der Waals surface area (Å²) >= 11 is -0.0735. The van der Waals surface area contributed by atoms with E-state index in [0.717, 1.165) is 13.2 Å². The molecule has 0 spiro atoms. The first-order valence-corrected chi connectivity index (χ1v) is 39.8. The molecule has 0 unspecified atom stereocenters. The van der Waals surface area contributed by atoms with Gasteiger partial charge in [-0.3, -0.25) is 0 Å². The number of ether oxygens (including phenoxy) is 1. The minimum absolute atomic E-state index is 0. The Labute approximate surface area is 569 Å². The van der Waals surface area contributed by atoms with Gasteiger partial charge in [0, 0.05) is 13.2 Å². The van der Waals surface area contributed by atoms with E-state index in [9.17, 15) is 0 Å². The monoisotopic (exact) mass is 1510 g/mol. The van der Waals surface area contributed by atoms with Crippen LogP contribution in [0, 0.1) is 40.9 Å². The molecule has 5 nitrogen and oxygen atoms in total. The molecule has 4 atom stereocenters. The fraction of sp³-hybridized carbons (Fsp3) is 0.158. The van der Waals surface area contributed by atoms with Gasteiger partial charge in [0.25, 0.3) is 0 Å². The molecule has 0 saturated heterocycles. The van der Waals surface area contributed by atoms with E-state index in [-0.39, 0.29) is 84.6 Å². The molecule has 10 aromatic carbocycles. The third-order valence-corrected chi connectivity index (χ3v) is 28.8. The largest absolute Gasteiger partial charge is 1.00 e. The van der Waals surface area contributed by atoms with Gasteiger partial charge in [0.15, 0.2) is 0 Å². The first kappa shape index (κ1) is 75.1. The van der Waals surface area contributed by atoms with Crippen molar-refractivity contribution >= 4 is 117 Å². The van der Waals surface area contributed by atoms with Crippen LogP contribution in [0.2, 0.25) is 0 Å². The van der Waals surface area contributed by atoms with Crippen molar-refractivity contribution in [3.8, 4) is 19.9 Å². The van der Waals surface area contributed by atoms with E-state index < -0.39 is 14.5 Å². The number of rotatable bonds is 18. The maximum absolute atomic E-state index is 8.76. The first-order chi connectivity index (χ1) is 42.7. The first-order valence-electron chi connectivity index (χ1n) is 28.8. The normalized spacial score (nSPS) is 11.6. The Morgan fingerprint density at radius 3 is 0.517 bits per heavy atom. The Balaban J connectivity index is 0.000000250. The molecule has 0 saturated carbocycles. The Bertz CT molecular complexity index is 3080. The van der Waals surface area contributed by atoms with E-state index in [1.165, 1.54) is 64.7 Å². The molecule has 13 heteroatoms. The molecule has 0 amide bonds. The molecule has 452 valence electrons. The van der Waals surface area contributed by atoms with Crippen molar-refractivity contribution in [3.63, 3.8) is 0 Å². The van der Waals surface area contributed by atoms with Crippen molar-refractivity contribution in [1.82, 2.24) is 0 Å². The number of nitrogens with zero attached hydrogens (tertiary/aromatic N) is 4. The van der Waals surface area contributed by atoms with Gasteiger partial charge in [-0.1, -0.05) is 146 Å². The topological polar surface area (TPSA) is 104 Å². The Hall–Kier alpha value is -6.36. The van der Waals surface area contributed by atoms with E-state index in [1.54, 1.807) is 0 Å². The summed E-state index contributed by atoms with van der Waals surface area (Å²) in [5.74, 6) is 0. The summed E-state index contributed by atoms with van der Waals surface area (Å²) in [7, 11) is -3.81. The van der Waals surface area contributed by atoms with Crippen LogP contribution in [-0.4, -0.2) is 73.0 Å². The summed E-state index contributed by atoms with van der Waals surface area (Å²) in [5.41, 5.74) is 4.98. The third kappa shape index (κ3) is 20.8. The smallest absolute Gasteiger partial charge is 0.144 e. The van der Waals surface area contributed by atoms with Crippen LogP contribution < -0.4 is 67.3 Å². The molecule has 0 aliphatic carbocycles. The molecule has 0 aromatic heterocycles. The van der Waals surface area contributed by atoms with Gasteiger partial charge in [-0.2, -0.15) is 0 Å². The molecule has 0 radical (unpaired) electrons. The van der Waals surface area contributed by atoms with Gasteiger partial charge in [0.05, 0.1) is 0 Å². The number of benzene rings is 10. The average Bonchev–Trinajstić information content (AvgIpc) is 0.827. The second kappa shape index (κ2) is 41.8. The number of hydrogen-bond donors (Lipinski definition) is 0. The summed E-state index contributed by atoms with van der Waals surface area (Å²) in [6, 6.07) is 104. The molecule has 0 aliphatic rings. The summed E-state index contributed by atoms with van der Waals surface area (Å²) < 4.78 is 4.83. The maximum Gasteiger partial charge on any atom is 0.144 e. The zero-order valence-electron chi connectivity index (χ0n) is 50.9. The van der Waals surface area contributed by atoms with Crippen molar-refractivity contribution < 1.29 is 29.6 Å². The average molecular weight is 1510 g/mol. The van der Waals surface area contributed by atoms with Crippen LogP contribution in [0.1, 0.15) is 83.1 Å². The molecule has 89 heavy (non-hydrogen) atoms. The van der Waals surface area contributed by atoms with E-state index >= 15 is 0 Å². The SMILES string of the molecule is CCOCC.C[C@@H]([Se]C#N)c1ccccc1[C@@H](C)[Se]C#N.C[C@H]([Se]C#N)c1ccccc1[C@H](C)[Se]C#N.[Cl-].[Cl-].c1ccc([P+](c2ccccc2)(c2ccccc2)c2ccccc2)cc1.c1ccc([P+](c2ccccc2)(c2ccccc2)c2ccccc2)cc1. The van der Waals surface area contributed by atoms with Crippen LogP contribution in [-0.2, 0) is 4.74 Å². The van der Waals surface area contributed by atoms with Gasteiger partial charge in [0.1, 0.15) is 57.0 Å². The fourth-order valence-electron chi connectivity index (χ4n) is 10.3. The summed E-state index contributed by atoms with van der Waals surface area (Å²) in [5, 5.41) is 46.1. The molecular weight excluding hydrogens is 1430 g/mol. The fourth-order valence-corrected chi connectivity index (χ4v) is 23.0. The summed E-state index contributed by atoms with van der Waals surface area (Å²) in [6.07, 6.45) is 0. The van der Waals surface area contributed by atoms with Crippen molar-refractivity contribution in [2.45, 2.75) is 60.8 Å². The standard InChI is InChI=1S/2C24H20P.2C12H12N2Se2.C4H10O.2ClH/c2*1-5-13-21(14-6-1)25(22-15-7-2-8-16-22,23-17-9-3-10-18-23)24-19-11-4-12-20-24;2*1-9(15-7-13)11-5-3-4-6-12(11)10(2)16-8-14;1-3-5-4-2;;/h2*1-20H;2*3-6,9-10H,1-2H3;3-4H2,1-2H3;2*1H/q2*+1;;;;;/p-2/t;;2*9-,10-;;;/m..10.../s1. The van der Waals surface area contributed by atoms with E-state index in [1.807, 2.05) is 38.1 Å². The van der Waals surface area contributed by atoms with Gasteiger partial charge < -0.3 is 29.6 Å². The predicted octanol–water partition coefficient (Wildman–Crippen LogP) is 8.02. The molecule has 10 aromatic rings. The minimum atomic E-state index is -1.91. The van der Waals surface area contributed by atoms with Crippen molar-refractivity contribution in [1.29, 1.82) is 21.0 Å². The Kier molecular flexibility index (Phi) is 35.3. The molecule has 0 heterocycles. The van der Waals surface area contributed by atoms with Gasteiger partial charge in [-0.05, 0) is 111 Å². The number of hydrogen-bond acceptors (Lipinski definition) is 5. The van der Waals surface area contributed by atoms with Crippen LogP contribution in [0.25, 0.3) is 0 Å². The quantitative estimate of drug-likeness (QED) is 0.0640.